The van der Waals surface area contributed by atoms with E-state index in [4.69, 9.17) is 0 Å². The van der Waals surface area contributed by atoms with E-state index in [1.807, 2.05) is 16.8 Å². The minimum atomic E-state index is -0.254. The molecule has 5 nitrogen and oxygen atoms in total. The Morgan fingerprint density at radius 1 is 1.35 bits per heavy atom. The molecule has 0 spiro atoms. The molecule has 7 heteroatoms. The smallest absolute Gasteiger partial charge is 0.268 e. The molecule has 0 amide bonds. The van der Waals surface area contributed by atoms with Crippen molar-refractivity contribution in [3.63, 3.8) is 0 Å². The summed E-state index contributed by atoms with van der Waals surface area (Å²) in [6.07, 6.45) is 1.79. The highest BCUT2D eigenvalue weighted by Gasteiger charge is 2.22. The van der Waals surface area contributed by atoms with Crippen molar-refractivity contribution in [2.24, 2.45) is 0 Å². The van der Waals surface area contributed by atoms with E-state index in [1.54, 1.807) is 17.5 Å². The van der Waals surface area contributed by atoms with Gasteiger partial charge in [0.25, 0.3) is 5.56 Å². The number of thiophene rings is 1. The van der Waals surface area contributed by atoms with E-state index in [9.17, 15) is 4.79 Å². The van der Waals surface area contributed by atoms with Crippen molar-refractivity contribution >= 4 is 32.9 Å². The van der Waals surface area contributed by atoms with Crippen LogP contribution >= 0.6 is 22.7 Å². The predicted octanol–water partition coefficient (Wildman–Crippen LogP) is 2.47. The molecule has 3 aromatic rings. The van der Waals surface area contributed by atoms with Gasteiger partial charge in [0.15, 0.2) is 0 Å². The first-order valence-corrected chi connectivity index (χ1v) is 7.93. The molecule has 3 aromatic heterocycles. The van der Waals surface area contributed by atoms with Crippen molar-refractivity contribution in [3.8, 4) is 0 Å². The van der Waals surface area contributed by atoms with Gasteiger partial charge in [-0.3, -0.25) is 10.1 Å². The Balaban J connectivity index is 1.82. The molecular formula is C13H14N4OS2. The Labute approximate surface area is 123 Å². The molecule has 0 atom stereocenters. The molecule has 0 radical (unpaired) electrons. The van der Waals surface area contributed by atoms with Gasteiger partial charge in [-0.15, -0.1) is 22.7 Å². The minimum Gasteiger partial charge on any atom is -0.308 e. The monoisotopic (exact) mass is 306 g/mol. The topological polar surface area (TPSA) is 70.7 Å². The van der Waals surface area contributed by atoms with Gasteiger partial charge in [-0.1, -0.05) is 0 Å². The third kappa shape index (κ3) is 2.52. The highest BCUT2D eigenvalue weighted by Crippen LogP contribution is 2.22. The van der Waals surface area contributed by atoms with Gasteiger partial charge in [-0.25, -0.2) is 9.97 Å². The summed E-state index contributed by atoms with van der Waals surface area (Å²) in [4.78, 5) is 23.5. The lowest BCUT2D eigenvalue weighted by Gasteiger charge is -2.23. The molecule has 0 bridgehead atoms. The largest absolute Gasteiger partial charge is 0.308 e. The maximum Gasteiger partial charge on any atom is 0.268 e. The van der Waals surface area contributed by atoms with Gasteiger partial charge in [0, 0.05) is 11.6 Å². The number of hydrogen-bond donors (Lipinski definition) is 2. The van der Waals surface area contributed by atoms with E-state index in [0.717, 1.165) is 10.5 Å². The lowest BCUT2D eigenvalue weighted by atomic mass is 10.1. The summed E-state index contributed by atoms with van der Waals surface area (Å²) in [5.41, 5.74) is 0.424. The number of thiazole rings is 1. The van der Waals surface area contributed by atoms with E-state index in [0.29, 0.717) is 17.1 Å². The van der Waals surface area contributed by atoms with Gasteiger partial charge in [-0.05, 0) is 25.3 Å². The Hall–Kier alpha value is -1.57. The van der Waals surface area contributed by atoms with Crippen LogP contribution in [0.1, 0.15) is 24.7 Å². The molecule has 0 fully saturated rings. The van der Waals surface area contributed by atoms with Gasteiger partial charge >= 0.3 is 0 Å². The molecule has 0 unspecified atom stereocenters. The zero-order chi connectivity index (χ0) is 14.2. The number of nitrogens with zero attached hydrogens (tertiary/aromatic N) is 2. The average molecular weight is 306 g/mol. The zero-order valence-corrected chi connectivity index (χ0v) is 12.8. The molecule has 3 rings (SSSR count). The van der Waals surface area contributed by atoms with E-state index in [2.05, 4.69) is 34.1 Å². The molecule has 0 aliphatic carbocycles. The number of nitrogens with one attached hydrogen (secondary N) is 2. The van der Waals surface area contributed by atoms with Crippen LogP contribution in [0, 0.1) is 0 Å². The highest BCUT2D eigenvalue weighted by atomic mass is 32.1. The summed E-state index contributed by atoms with van der Waals surface area (Å²) in [7, 11) is 0. The fraction of sp³-hybridized carbons (Fsp3) is 0.308. The van der Waals surface area contributed by atoms with E-state index >= 15 is 0 Å². The highest BCUT2D eigenvalue weighted by molar-refractivity contribution is 7.17. The summed E-state index contributed by atoms with van der Waals surface area (Å²) < 4.78 is 0.674. The van der Waals surface area contributed by atoms with Crippen LogP contribution in [0.15, 0.2) is 27.8 Å². The van der Waals surface area contributed by atoms with Crippen LogP contribution in [0.4, 0.5) is 0 Å². The number of rotatable bonds is 4. The Bertz CT molecular complexity index is 773. The molecule has 0 saturated heterocycles. The molecule has 0 aromatic carbocycles. The number of fused-ring (bicyclic) bond motifs is 1. The first-order valence-electron chi connectivity index (χ1n) is 6.18. The SMILES string of the molecule is CC(C)(NCc1nc2ccsc2c(=O)[nH]1)c1nccs1. The summed E-state index contributed by atoms with van der Waals surface area (Å²) in [5, 5.41) is 8.22. The molecule has 2 N–H and O–H groups in total. The third-order valence-electron chi connectivity index (χ3n) is 3.03. The van der Waals surface area contributed by atoms with Crippen molar-refractivity contribution in [2.75, 3.05) is 0 Å². The van der Waals surface area contributed by atoms with E-state index in [-0.39, 0.29) is 11.1 Å². The number of hydrogen-bond acceptors (Lipinski definition) is 6. The Morgan fingerprint density at radius 2 is 2.20 bits per heavy atom. The number of aromatic nitrogens is 3. The van der Waals surface area contributed by atoms with Gasteiger partial charge in [0.2, 0.25) is 0 Å². The van der Waals surface area contributed by atoms with Gasteiger partial charge in [-0.2, -0.15) is 0 Å². The first kappa shape index (κ1) is 13.4. The van der Waals surface area contributed by atoms with Gasteiger partial charge in [0.1, 0.15) is 15.5 Å². The van der Waals surface area contributed by atoms with Crippen molar-refractivity contribution in [2.45, 2.75) is 25.9 Å². The average Bonchev–Trinajstić information content (AvgIpc) is 3.07. The van der Waals surface area contributed by atoms with Gasteiger partial charge < -0.3 is 4.98 Å². The maximum absolute atomic E-state index is 11.9. The molecule has 104 valence electrons. The summed E-state index contributed by atoms with van der Waals surface area (Å²) in [6, 6.07) is 1.87. The van der Waals surface area contributed by atoms with Crippen molar-refractivity contribution in [3.05, 3.63) is 44.2 Å². The van der Waals surface area contributed by atoms with Crippen LogP contribution in [0.2, 0.25) is 0 Å². The van der Waals surface area contributed by atoms with Crippen LogP contribution in [0.5, 0.6) is 0 Å². The molecule has 3 heterocycles. The number of H-pyrrole nitrogens is 1. The van der Waals surface area contributed by atoms with Gasteiger partial charge in [0.05, 0.1) is 17.6 Å². The standard InChI is InChI=1S/C13H14N4OS2/c1-13(2,12-14-4-6-20-12)15-7-9-16-8-3-5-19-10(8)11(18)17-9/h3-6,15H,7H2,1-2H3,(H,16,17,18). The third-order valence-corrected chi connectivity index (χ3v) is 5.03. The van der Waals surface area contributed by atoms with Crippen LogP contribution in [0.25, 0.3) is 10.2 Å². The molecule has 0 aliphatic heterocycles. The summed E-state index contributed by atoms with van der Waals surface area (Å²) >= 11 is 3.02. The molecular weight excluding hydrogens is 292 g/mol. The second kappa shape index (κ2) is 5.08. The zero-order valence-electron chi connectivity index (χ0n) is 11.1. The fourth-order valence-corrected chi connectivity index (χ4v) is 3.38. The van der Waals surface area contributed by atoms with Crippen molar-refractivity contribution in [1.82, 2.24) is 20.3 Å². The number of aromatic amines is 1. The molecule has 20 heavy (non-hydrogen) atoms. The maximum atomic E-state index is 11.9. The Kier molecular flexibility index (Phi) is 3.41. The Morgan fingerprint density at radius 3 is 2.95 bits per heavy atom. The van der Waals surface area contributed by atoms with E-state index in [1.165, 1.54) is 11.3 Å². The predicted molar refractivity (Wildman–Crippen MR) is 82.2 cm³/mol. The van der Waals surface area contributed by atoms with Crippen LogP contribution in [-0.4, -0.2) is 15.0 Å². The second-order valence-corrected chi connectivity index (χ2v) is 6.77. The lowest BCUT2D eigenvalue weighted by molar-refractivity contribution is 0.393. The fourth-order valence-electron chi connectivity index (χ4n) is 1.92. The molecule has 0 saturated carbocycles. The summed E-state index contributed by atoms with van der Waals surface area (Å²) in [6.45, 7) is 4.62. The van der Waals surface area contributed by atoms with Crippen molar-refractivity contribution < 1.29 is 0 Å². The quantitative estimate of drug-likeness (QED) is 0.777. The van der Waals surface area contributed by atoms with Crippen LogP contribution in [0.3, 0.4) is 0 Å². The first-order chi connectivity index (χ1) is 9.56. The lowest BCUT2D eigenvalue weighted by Crippen LogP contribution is -2.36. The summed E-state index contributed by atoms with van der Waals surface area (Å²) in [5.74, 6) is 0.644. The minimum absolute atomic E-state index is 0.0751. The molecule has 0 aliphatic rings. The second-order valence-electron chi connectivity index (χ2n) is 4.96. The van der Waals surface area contributed by atoms with Crippen molar-refractivity contribution in [1.29, 1.82) is 0 Å². The van der Waals surface area contributed by atoms with E-state index < -0.39 is 0 Å². The van der Waals surface area contributed by atoms with Crippen LogP contribution in [-0.2, 0) is 12.1 Å². The van der Waals surface area contributed by atoms with Crippen LogP contribution < -0.4 is 10.9 Å². The normalized spacial score (nSPS) is 12.1.